The summed E-state index contributed by atoms with van der Waals surface area (Å²) in [7, 11) is 1.59. The Morgan fingerprint density at radius 3 is 2.62 bits per heavy atom. The molecule has 0 atom stereocenters. The van der Waals surface area contributed by atoms with Gasteiger partial charge in [-0.2, -0.15) is 5.10 Å². The minimum absolute atomic E-state index is 0.0232. The molecule has 9 nitrogen and oxygen atoms in total. The fourth-order valence-corrected chi connectivity index (χ4v) is 2.03. The molecule has 0 fully saturated rings. The molecule has 1 N–H and O–H groups in total. The van der Waals surface area contributed by atoms with Crippen LogP contribution in [0, 0.1) is 27.2 Å². The van der Waals surface area contributed by atoms with Gasteiger partial charge in [0.2, 0.25) is 5.82 Å². The lowest BCUT2D eigenvalue weighted by atomic mass is 10.2. The SMILES string of the molecule is Cc1nn(C)c(NCc2cccc([N+](=O)[O-])c2)c1[N+](=O)[O-]. The van der Waals surface area contributed by atoms with E-state index in [4.69, 9.17) is 0 Å². The van der Waals surface area contributed by atoms with E-state index in [0.29, 0.717) is 11.3 Å². The molecule has 9 heteroatoms. The Bertz CT molecular complexity index is 710. The number of hydrogen-bond acceptors (Lipinski definition) is 6. The molecule has 0 aliphatic heterocycles. The maximum absolute atomic E-state index is 11.0. The number of nitro benzene ring substituents is 1. The van der Waals surface area contributed by atoms with Gasteiger partial charge in [-0.25, -0.2) is 4.68 Å². The smallest absolute Gasteiger partial charge is 0.333 e. The van der Waals surface area contributed by atoms with Gasteiger partial charge < -0.3 is 5.32 Å². The van der Waals surface area contributed by atoms with Crippen LogP contribution in [0.1, 0.15) is 11.3 Å². The highest BCUT2D eigenvalue weighted by Gasteiger charge is 2.23. The molecule has 1 heterocycles. The van der Waals surface area contributed by atoms with Crippen molar-refractivity contribution in [1.82, 2.24) is 9.78 Å². The van der Waals surface area contributed by atoms with Gasteiger partial charge in [-0.1, -0.05) is 12.1 Å². The Kier molecular flexibility index (Phi) is 3.83. The summed E-state index contributed by atoms with van der Waals surface area (Å²) >= 11 is 0. The Morgan fingerprint density at radius 2 is 2.00 bits per heavy atom. The average Bonchev–Trinajstić information content (AvgIpc) is 2.71. The zero-order valence-corrected chi connectivity index (χ0v) is 11.4. The fourth-order valence-electron chi connectivity index (χ4n) is 2.03. The predicted molar refractivity (Wildman–Crippen MR) is 75.0 cm³/mol. The number of aromatic nitrogens is 2. The molecule has 0 radical (unpaired) electrons. The normalized spacial score (nSPS) is 10.4. The van der Waals surface area contributed by atoms with Crippen molar-refractivity contribution in [2.45, 2.75) is 13.5 Å². The zero-order valence-electron chi connectivity index (χ0n) is 11.4. The van der Waals surface area contributed by atoms with E-state index in [1.165, 1.54) is 16.8 Å². The van der Waals surface area contributed by atoms with Gasteiger partial charge in [0, 0.05) is 25.7 Å². The van der Waals surface area contributed by atoms with Gasteiger partial charge in [-0.3, -0.25) is 20.2 Å². The van der Waals surface area contributed by atoms with E-state index in [-0.39, 0.29) is 23.7 Å². The first-order valence-electron chi connectivity index (χ1n) is 6.05. The molecule has 2 aromatic rings. The van der Waals surface area contributed by atoms with Gasteiger partial charge in [-0.15, -0.1) is 0 Å². The maximum atomic E-state index is 11.0. The van der Waals surface area contributed by atoms with E-state index in [9.17, 15) is 20.2 Å². The van der Waals surface area contributed by atoms with Crippen molar-refractivity contribution in [3.8, 4) is 0 Å². The number of hydrogen-bond donors (Lipinski definition) is 1. The maximum Gasteiger partial charge on any atom is 0.333 e. The molecule has 0 unspecified atom stereocenters. The highest BCUT2D eigenvalue weighted by molar-refractivity contribution is 5.59. The average molecular weight is 291 g/mol. The number of rotatable bonds is 5. The topological polar surface area (TPSA) is 116 Å². The third-order valence-electron chi connectivity index (χ3n) is 2.95. The summed E-state index contributed by atoms with van der Waals surface area (Å²) < 4.78 is 1.38. The summed E-state index contributed by atoms with van der Waals surface area (Å²) in [5.41, 5.74) is 0.842. The van der Waals surface area contributed by atoms with Crippen molar-refractivity contribution >= 4 is 17.2 Å². The van der Waals surface area contributed by atoms with Crippen LogP contribution in [0.15, 0.2) is 24.3 Å². The largest absolute Gasteiger partial charge is 0.360 e. The summed E-state index contributed by atoms with van der Waals surface area (Å²) in [5, 5.41) is 28.6. The molecule has 21 heavy (non-hydrogen) atoms. The number of nitrogens with one attached hydrogen (secondary N) is 1. The highest BCUT2D eigenvalue weighted by Crippen LogP contribution is 2.27. The van der Waals surface area contributed by atoms with Gasteiger partial charge in [0.15, 0.2) is 0 Å². The van der Waals surface area contributed by atoms with Crippen molar-refractivity contribution in [3.05, 3.63) is 55.8 Å². The van der Waals surface area contributed by atoms with E-state index >= 15 is 0 Å². The standard InChI is InChI=1S/C12H13N5O4/c1-8-11(17(20)21)12(15(2)14-8)13-7-9-4-3-5-10(6-9)16(18)19/h3-6,13H,7H2,1-2H3. The minimum atomic E-state index is -0.502. The van der Waals surface area contributed by atoms with Crippen molar-refractivity contribution < 1.29 is 9.85 Å². The highest BCUT2D eigenvalue weighted by atomic mass is 16.6. The summed E-state index contributed by atoms with van der Waals surface area (Å²) in [4.78, 5) is 20.8. The Hall–Kier alpha value is -2.97. The van der Waals surface area contributed by atoms with Crippen LogP contribution in [0.2, 0.25) is 0 Å². The van der Waals surface area contributed by atoms with E-state index in [1.54, 1.807) is 26.1 Å². The van der Waals surface area contributed by atoms with Gasteiger partial charge in [0.1, 0.15) is 5.69 Å². The third-order valence-corrected chi connectivity index (χ3v) is 2.95. The lowest BCUT2D eigenvalue weighted by Crippen LogP contribution is -2.06. The molecule has 0 saturated carbocycles. The van der Waals surface area contributed by atoms with E-state index in [0.717, 1.165) is 0 Å². The second-order valence-corrected chi connectivity index (χ2v) is 4.44. The Labute approximate surface area is 119 Å². The molecule has 1 aromatic heterocycles. The van der Waals surface area contributed by atoms with E-state index in [1.807, 2.05) is 0 Å². The number of benzene rings is 1. The first kappa shape index (κ1) is 14.4. The molecule has 0 amide bonds. The predicted octanol–water partition coefficient (Wildman–Crippen LogP) is 2.16. The lowest BCUT2D eigenvalue weighted by molar-refractivity contribution is -0.384. The number of non-ortho nitro benzene ring substituents is 1. The third kappa shape index (κ3) is 2.96. The lowest BCUT2D eigenvalue weighted by Gasteiger charge is -2.06. The van der Waals surface area contributed by atoms with E-state index in [2.05, 4.69) is 10.4 Å². The molecule has 1 aromatic carbocycles. The van der Waals surface area contributed by atoms with Crippen molar-refractivity contribution in [3.63, 3.8) is 0 Å². The number of aryl methyl sites for hydroxylation is 2. The molecular weight excluding hydrogens is 278 g/mol. The first-order chi connectivity index (χ1) is 9.90. The Morgan fingerprint density at radius 1 is 1.29 bits per heavy atom. The van der Waals surface area contributed by atoms with Crippen LogP contribution < -0.4 is 5.32 Å². The van der Waals surface area contributed by atoms with E-state index < -0.39 is 9.85 Å². The summed E-state index contributed by atoms with van der Waals surface area (Å²) in [6, 6.07) is 6.08. The van der Waals surface area contributed by atoms with Gasteiger partial charge in [0.25, 0.3) is 5.69 Å². The van der Waals surface area contributed by atoms with Gasteiger partial charge in [0.05, 0.1) is 9.85 Å². The van der Waals surface area contributed by atoms with Crippen LogP contribution >= 0.6 is 0 Å². The second-order valence-electron chi connectivity index (χ2n) is 4.44. The van der Waals surface area contributed by atoms with Gasteiger partial charge >= 0.3 is 5.69 Å². The van der Waals surface area contributed by atoms with Crippen molar-refractivity contribution in [2.75, 3.05) is 5.32 Å². The molecule has 0 bridgehead atoms. The fraction of sp³-hybridized carbons (Fsp3) is 0.250. The van der Waals surface area contributed by atoms with Crippen LogP contribution in [-0.4, -0.2) is 19.6 Å². The van der Waals surface area contributed by atoms with Crippen LogP contribution in [0.3, 0.4) is 0 Å². The monoisotopic (exact) mass is 291 g/mol. The van der Waals surface area contributed by atoms with Crippen LogP contribution in [-0.2, 0) is 13.6 Å². The molecule has 0 aliphatic carbocycles. The van der Waals surface area contributed by atoms with Crippen LogP contribution in [0.4, 0.5) is 17.2 Å². The minimum Gasteiger partial charge on any atom is -0.360 e. The summed E-state index contributed by atoms with van der Waals surface area (Å²) in [6.45, 7) is 1.78. The second kappa shape index (κ2) is 5.57. The van der Waals surface area contributed by atoms with Crippen molar-refractivity contribution in [2.24, 2.45) is 7.05 Å². The molecular formula is C12H13N5O4. The molecule has 0 spiro atoms. The number of nitrogens with zero attached hydrogens (tertiary/aromatic N) is 4. The molecule has 110 valence electrons. The number of anilines is 1. The summed E-state index contributed by atoms with van der Waals surface area (Å²) in [5.74, 6) is 0.268. The zero-order chi connectivity index (χ0) is 15.6. The first-order valence-corrected chi connectivity index (χ1v) is 6.05. The Balaban J connectivity index is 2.23. The van der Waals surface area contributed by atoms with Gasteiger partial charge in [-0.05, 0) is 12.5 Å². The molecule has 0 aliphatic rings. The van der Waals surface area contributed by atoms with Crippen molar-refractivity contribution in [1.29, 1.82) is 0 Å². The quantitative estimate of drug-likeness (QED) is 0.666. The van der Waals surface area contributed by atoms with Crippen LogP contribution in [0.25, 0.3) is 0 Å². The van der Waals surface area contributed by atoms with Crippen LogP contribution in [0.5, 0.6) is 0 Å². The molecule has 2 rings (SSSR count). The molecule has 0 saturated heterocycles. The summed E-state index contributed by atoms with van der Waals surface area (Å²) in [6.07, 6.45) is 0. The number of nitro groups is 2.